The van der Waals surface area contributed by atoms with Crippen molar-refractivity contribution in [2.45, 2.75) is 13.5 Å². The first kappa shape index (κ1) is 12.4. The first-order valence-corrected chi connectivity index (χ1v) is 3.82. The number of aryl methyl sites for hydroxylation is 1. The van der Waals surface area contributed by atoms with E-state index in [1.54, 1.807) is 11.5 Å². The molecule has 1 saturated heterocycles. The summed E-state index contributed by atoms with van der Waals surface area (Å²) in [6, 6.07) is 0. The fourth-order valence-corrected chi connectivity index (χ4v) is 1.07. The molecule has 0 N–H and O–H groups in total. The van der Waals surface area contributed by atoms with Gasteiger partial charge in [-0.3, -0.25) is 0 Å². The first-order valence-electron chi connectivity index (χ1n) is 3.82. The molecule has 1 aromatic heterocycles. The van der Waals surface area contributed by atoms with E-state index in [-0.39, 0.29) is 64.0 Å². The van der Waals surface area contributed by atoms with Gasteiger partial charge in [0.25, 0.3) is 0 Å². The fourth-order valence-electron chi connectivity index (χ4n) is 1.07. The van der Waals surface area contributed by atoms with Gasteiger partial charge in [0.1, 0.15) is 6.20 Å². The Balaban J connectivity index is 0.000000980. The van der Waals surface area contributed by atoms with Crippen molar-refractivity contribution in [3.8, 4) is 0 Å². The molecule has 2 heterocycles. The number of ether oxygens (including phenoxy) is 1. The summed E-state index contributed by atoms with van der Waals surface area (Å²) in [5, 5.41) is 10.4. The average Bonchev–Trinajstić information content (AvgIpc) is 2.78. The van der Waals surface area contributed by atoms with Crippen molar-refractivity contribution < 1.29 is 67.8 Å². The van der Waals surface area contributed by atoms with Gasteiger partial charge in [-0.05, 0) is 9.91 Å². The number of hydrogen-bond donors (Lipinski definition) is 0. The zero-order chi connectivity index (χ0) is 9.42. The molecular weight excluding hydrogens is 260 g/mol. The minimum absolute atomic E-state index is 0. The molecule has 14 heavy (non-hydrogen) atoms. The Hall–Kier alpha value is 0.375. The quantitative estimate of drug-likeness (QED) is 0.266. The Labute approximate surface area is 130 Å². The van der Waals surface area contributed by atoms with Crippen LogP contribution in [0.15, 0.2) is 6.20 Å². The van der Waals surface area contributed by atoms with E-state index < -0.39 is 4.92 Å². The van der Waals surface area contributed by atoms with Gasteiger partial charge in [-0.25, -0.2) is 0 Å². The van der Waals surface area contributed by atoms with E-state index >= 15 is 0 Å². The van der Waals surface area contributed by atoms with Crippen LogP contribution in [0.5, 0.6) is 0 Å². The standard InChI is InChI=1S/C7H8N3O3.Rb/c1-5-8-7(10(11)12)3-9(5)2-6-4-13-6;/h3H,2,4H2,1H3;/q-1;+1. The summed E-state index contributed by atoms with van der Waals surface area (Å²) in [6.07, 6.45) is 2.36. The van der Waals surface area contributed by atoms with E-state index in [0.29, 0.717) is 19.0 Å². The molecule has 2 rings (SSSR count). The fraction of sp³-hybridized carbons (Fsp3) is 0.429. The molecule has 0 aliphatic carbocycles. The molecular formula is C7H8N3O3Rb. The Morgan fingerprint density at radius 1 is 1.86 bits per heavy atom. The van der Waals surface area contributed by atoms with Crippen LogP contribution in [-0.4, -0.2) is 21.1 Å². The van der Waals surface area contributed by atoms with E-state index in [1.165, 1.54) is 6.20 Å². The van der Waals surface area contributed by atoms with Crippen molar-refractivity contribution in [1.82, 2.24) is 9.55 Å². The van der Waals surface area contributed by atoms with Crippen LogP contribution < -0.4 is 58.2 Å². The predicted octanol–water partition coefficient (Wildman–Crippen LogP) is -2.33. The summed E-state index contributed by atoms with van der Waals surface area (Å²) in [4.78, 5) is 13.6. The number of rotatable bonds is 3. The summed E-state index contributed by atoms with van der Waals surface area (Å²) in [7, 11) is 0. The van der Waals surface area contributed by atoms with Crippen LogP contribution in [0.1, 0.15) is 5.82 Å². The molecule has 1 aliphatic heterocycles. The molecule has 0 amide bonds. The van der Waals surface area contributed by atoms with E-state index in [4.69, 9.17) is 4.74 Å². The van der Waals surface area contributed by atoms with Crippen molar-refractivity contribution in [3.63, 3.8) is 0 Å². The van der Waals surface area contributed by atoms with E-state index in [0.717, 1.165) is 6.10 Å². The Morgan fingerprint density at radius 2 is 2.50 bits per heavy atom. The summed E-state index contributed by atoms with van der Waals surface area (Å²) in [6.45, 7) is 2.97. The van der Waals surface area contributed by atoms with Gasteiger partial charge in [0.15, 0.2) is 0 Å². The second-order valence-electron chi connectivity index (χ2n) is 2.86. The summed E-state index contributed by atoms with van der Waals surface area (Å²) in [5.41, 5.74) is 0. The average molecular weight is 268 g/mol. The van der Waals surface area contributed by atoms with Gasteiger partial charge in [-0.15, -0.1) is 0 Å². The molecule has 1 aromatic rings. The summed E-state index contributed by atoms with van der Waals surface area (Å²) < 4.78 is 6.64. The zero-order valence-corrected chi connectivity index (χ0v) is 13.0. The predicted molar refractivity (Wildman–Crippen MR) is 42.8 cm³/mol. The molecule has 0 bridgehead atoms. The third kappa shape index (κ3) is 2.93. The molecule has 70 valence electrons. The molecule has 0 radical (unpaired) electrons. The Morgan fingerprint density at radius 3 is 2.93 bits per heavy atom. The number of epoxide rings is 1. The maximum absolute atomic E-state index is 10.4. The van der Waals surface area contributed by atoms with Gasteiger partial charge in [-0.2, -0.15) is 6.10 Å². The number of imidazole rings is 1. The Kier molecular flexibility index (Phi) is 4.39. The van der Waals surface area contributed by atoms with Crippen LogP contribution in [0.4, 0.5) is 5.82 Å². The van der Waals surface area contributed by atoms with Crippen LogP contribution in [-0.2, 0) is 11.3 Å². The van der Waals surface area contributed by atoms with E-state index in [9.17, 15) is 10.1 Å². The second kappa shape index (κ2) is 4.93. The summed E-state index contributed by atoms with van der Waals surface area (Å²) in [5.74, 6) is 0.522. The smallest absolute Gasteiger partial charge is 0.569 e. The van der Waals surface area contributed by atoms with Gasteiger partial charge in [-0.1, -0.05) is 13.2 Å². The molecule has 1 aliphatic rings. The maximum Gasteiger partial charge on any atom is 1.00 e. The van der Waals surface area contributed by atoms with Crippen molar-refractivity contribution in [2.24, 2.45) is 0 Å². The first-order chi connectivity index (χ1) is 6.16. The molecule has 0 unspecified atom stereocenters. The number of aromatic nitrogens is 2. The molecule has 1 fully saturated rings. The topological polar surface area (TPSA) is 73.5 Å². The van der Waals surface area contributed by atoms with Crippen LogP contribution in [0.2, 0.25) is 0 Å². The Bertz CT molecular complexity index is 348. The minimum Gasteiger partial charge on any atom is -0.569 e. The molecule has 0 atom stereocenters. The van der Waals surface area contributed by atoms with Gasteiger partial charge in [0, 0.05) is 6.92 Å². The second-order valence-corrected chi connectivity index (χ2v) is 2.86. The van der Waals surface area contributed by atoms with E-state index in [1.807, 2.05) is 0 Å². The maximum atomic E-state index is 10.4. The molecule has 0 aromatic carbocycles. The van der Waals surface area contributed by atoms with E-state index in [2.05, 4.69) is 4.98 Å². The SMILES string of the molecule is Cc1nc([N+](=O)[O-])cn1C[C-]1CO1.[Rb+]. The van der Waals surface area contributed by atoms with Crippen molar-refractivity contribution in [1.29, 1.82) is 0 Å². The van der Waals surface area contributed by atoms with Crippen molar-refractivity contribution in [2.75, 3.05) is 6.61 Å². The van der Waals surface area contributed by atoms with Crippen molar-refractivity contribution in [3.05, 3.63) is 28.2 Å². The zero-order valence-electron chi connectivity index (χ0n) is 8.06. The molecule has 0 spiro atoms. The minimum atomic E-state index is -0.498. The van der Waals surface area contributed by atoms with Crippen LogP contribution in [0.25, 0.3) is 0 Å². The van der Waals surface area contributed by atoms with Gasteiger partial charge < -0.3 is 19.4 Å². The van der Waals surface area contributed by atoms with Crippen LogP contribution >= 0.6 is 0 Å². The van der Waals surface area contributed by atoms with Crippen molar-refractivity contribution >= 4 is 5.82 Å². The molecule has 7 heteroatoms. The van der Waals surface area contributed by atoms with Gasteiger partial charge in [0.2, 0.25) is 5.82 Å². The third-order valence-electron chi connectivity index (χ3n) is 1.85. The number of nitro groups is 1. The number of nitrogens with zero attached hydrogens (tertiary/aromatic N) is 3. The number of hydrogen-bond acceptors (Lipinski definition) is 4. The van der Waals surface area contributed by atoms with Gasteiger partial charge in [0.05, 0.1) is 0 Å². The third-order valence-corrected chi connectivity index (χ3v) is 1.85. The molecule has 6 nitrogen and oxygen atoms in total. The van der Waals surface area contributed by atoms with Crippen LogP contribution in [0.3, 0.4) is 0 Å². The normalized spacial score (nSPS) is 14.9. The largest absolute Gasteiger partial charge is 1.00 e. The molecule has 0 saturated carbocycles. The van der Waals surface area contributed by atoms with Crippen LogP contribution in [0, 0.1) is 23.1 Å². The summed E-state index contributed by atoms with van der Waals surface area (Å²) >= 11 is 0. The van der Waals surface area contributed by atoms with Gasteiger partial charge >= 0.3 is 64.0 Å². The monoisotopic (exact) mass is 267 g/mol.